The summed E-state index contributed by atoms with van der Waals surface area (Å²) in [6, 6.07) is 8.93. The van der Waals surface area contributed by atoms with Gasteiger partial charge in [0, 0.05) is 22.9 Å². The van der Waals surface area contributed by atoms with E-state index in [0.29, 0.717) is 5.92 Å². The molecule has 0 aliphatic carbocycles. The lowest BCUT2D eigenvalue weighted by Crippen LogP contribution is -2.10. The van der Waals surface area contributed by atoms with Crippen LogP contribution in [-0.2, 0) is 5.41 Å². The second kappa shape index (κ2) is 5.54. The second-order valence-corrected chi connectivity index (χ2v) is 8.21. The molecule has 2 aromatic rings. The molecular weight excluding hydrogens is 276 g/mol. The number of hydrogen-bond acceptors (Lipinski definition) is 3. The molecule has 1 aliphatic heterocycles. The second-order valence-electron chi connectivity index (χ2n) is 6.97. The van der Waals surface area contributed by atoms with Crippen molar-refractivity contribution >= 4 is 11.3 Å². The van der Waals surface area contributed by atoms with E-state index < -0.39 is 0 Å². The summed E-state index contributed by atoms with van der Waals surface area (Å²) in [4.78, 5) is 6.27. The van der Waals surface area contributed by atoms with Crippen LogP contribution in [0.1, 0.15) is 48.6 Å². The molecular formula is C18H24N2S. The molecule has 1 fully saturated rings. The van der Waals surface area contributed by atoms with Gasteiger partial charge in [0.15, 0.2) is 0 Å². The van der Waals surface area contributed by atoms with Crippen LogP contribution in [0.15, 0.2) is 24.3 Å². The van der Waals surface area contributed by atoms with Crippen molar-refractivity contribution in [2.24, 2.45) is 0 Å². The van der Waals surface area contributed by atoms with Crippen molar-refractivity contribution in [3.63, 3.8) is 0 Å². The van der Waals surface area contributed by atoms with Gasteiger partial charge in [-0.15, -0.1) is 11.3 Å². The number of nitrogens with zero attached hydrogens (tertiary/aromatic N) is 1. The lowest BCUT2D eigenvalue weighted by atomic mass is 9.86. The largest absolute Gasteiger partial charge is 0.316 e. The van der Waals surface area contributed by atoms with Gasteiger partial charge in [0.1, 0.15) is 0 Å². The van der Waals surface area contributed by atoms with Gasteiger partial charge >= 0.3 is 0 Å². The molecule has 1 atom stereocenters. The van der Waals surface area contributed by atoms with Crippen LogP contribution in [0.5, 0.6) is 0 Å². The quantitative estimate of drug-likeness (QED) is 0.883. The maximum absolute atomic E-state index is 4.93. The van der Waals surface area contributed by atoms with E-state index in [0.717, 1.165) is 13.1 Å². The van der Waals surface area contributed by atoms with Crippen molar-refractivity contribution in [1.82, 2.24) is 10.3 Å². The first-order valence-corrected chi connectivity index (χ1v) is 8.56. The molecule has 0 radical (unpaired) electrons. The summed E-state index contributed by atoms with van der Waals surface area (Å²) < 4.78 is 0. The van der Waals surface area contributed by atoms with Crippen LogP contribution < -0.4 is 5.32 Å². The number of benzene rings is 1. The highest BCUT2D eigenvalue weighted by atomic mass is 32.1. The van der Waals surface area contributed by atoms with E-state index in [-0.39, 0.29) is 5.41 Å². The third kappa shape index (κ3) is 3.04. The summed E-state index contributed by atoms with van der Waals surface area (Å²) in [6.07, 6.45) is 1.22. The van der Waals surface area contributed by atoms with Crippen LogP contribution in [0.25, 0.3) is 11.3 Å². The highest BCUT2D eigenvalue weighted by Gasteiger charge is 2.22. The van der Waals surface area contributed by atoms with Crippen LogP contribution in [0.4, 0.5) is 0 Å². The monoisotopic (exact) mass is 300 g/mol. The van der Waals surface area contributed by atoms with Gasteiger partial charge in [0.05, 0.1) is 10.7 Å². The molecule has 1 aliphatic rings. The Morgan fingerprint density at radius 3 is 2.48 bits per heavy atom. The number of nitrogens with one attached hydrogen (secondary N) is 1. The number of aromatic nitrogens is 1. The van der Waals surface area contributed by atoms with Crippen molar-refractivity contribution in [2.75, 3.05) is 13.1 Å². The van der Waals surface area contributed by atoms with E-state index in [1.807, 2.05) is 11.3 Å². The number of rotatable bonds is 2. The van der Waals surface area contributed by atoms with Gasteiger partial charge in [0.25, 0.3) is 0 Å². The first-order valence-electron chi connectivity index (χ1n) is 7.74. The molecule has 3 rings (SSSR count). The summed E-state index contributed by atoms with van der Waals surface area (Å²) in [5.74, 6) is 0.608. The third-order valence-electron chi connectivity index (χ3n) is 4.25. The molecule has 1 N–H and O–H groups in total. The lowest BCUT2D eigenvalue weighted by molar-refractivity contribution is 0.590. The minimum absolute atomic E-state index is 0.205. The first-order chi connectivity index (χ1) is 9.95. The Kier molecular flexibility index (Phi) is 3.89. The van der Waals surface area contributed by atoms with E-state index >= 15 is 0 Å². The molecule has 1 aromatic carbocycles. The van der Waals surface area contributed by atoms with E-state index in [2.05, 4.69) is 57.3 Å². The molecule has 3 heteroatoms. The predicted molar refractivity (Wildman–Crippen MR) is 91.2 cm³/mol. The SMILES string of the molecule is Cc1sc(C2CCNC2)nc1-c1ccc(C(C)(C)C)cc1. The summed E-state index contributed by atoms with van der Waals surface area (Å²) >= 11 is 1.87. The number of aryl methyl sites for hydroxylation is 1. The van der Waals surface area contributed by atoms with Gasteiger partial charge in [0.2, 0.25) is 0 Å². The molecule has 0 spiro atoms. The Labute approximate surface area is 131 Å². The Hall–Kier alpha value is -1.19. The molecule has 1 saturated heterocycles. The zero-order chi connectivity index (χ0) is 15.0. The Morgan fingerprint density at radius 1 is 1.19 bits per heavy atom. The van der Waals surface area contributed by atoms with E-state index in [9.17, 15) is 0 Å². The minimum atomic E-state index is 0.205. The van der Waals surface area contributed by atoms with Crippen molar-refractivity contribution in [2.45, 2.75) is 45.4 Å². The van der Waals surface area contributed by atoms with Crippen molar-refractivity contribution < 1.29 is 0 Å². The van der Waals surface area contributed by atoms with Crippen LogP contribution >= 0.6 is 11.3 Å². The van der Waals surface area contributed by atoms with Crippen LogP contribution in [0.3, 0.4) is 0 Å². The van der Waals surface area contributed by atoms with Gasteiger partial charge in [-0.2, -0.15) is 0 Å². The molecule has 2 nitrogen and oxygen atoms in total. The zero-order valence-corrected chi connectivity index (χ0v) is 14.2. The van der Waals surface area contributed by atoms with E-state index in [1.54, 1.807) is 0 Å². The summed E-state index contributed by atoms with van der Waals surface area (Å²) in [6.45, 7) is 11.1. The molecule has 2 heterocycles. The molecule has 0 bridgehead atoms. The van der Waals surface area contributed by atoms with Crippen LogP contribution in [0, 0.1) is 6.92 Å². The fraction of sp³-hybridized carbons (Fsp3) is 0.500. The zero-order valence-electron chi connectivity index (χ0n) is 13.4. The van der Waals surface area contributed by atoms with Crippen LogP contribution in [0.2, 0.25) is 0 Å². The molecule has 1 unspecified atom stereocenters. The fourth-order valence-electron chi connectivity index (χ4n) is 2.85. The maximum Gasteiger partial charge on any atom is 0.0979 e. The number of thiazole rings is 1. The molecule has 0 amide bonds. The lowest BCUT2D eigenvalue weighted by Gasteiger charge is -2.19. The van der Waals surface area contributed by atoms with Gasteiger partial charge in [-0.25, -0.2) is 4.98 Å². The highest BCUT2D eigenvalue weighted by molar-refractivity contribution is 7.12. The van der Waals surface area contributed by atoms with Gasteiger partial charge in [-0.05, 0) is 30.9 Å². The highest BCUT2D eigenvalue weighted by Crippen LogP contribution is 2.34. The van der Waals surface area contributed by atoms with E-state index in [4.69, 9.17) is 4.98 Å². The standard InChI is InChI=1S/C18H24N2S/c1-12-16(20-17(21-12)14-9-10-19-11-14)13-5-7-15(8-6-13)18(2,3)4/h5-8,14,19H,9-11H2,1-4H3. The summed E-state index contributed by atoms with van der Waals surface area (Å²) in [5.41, 5.74) is 3.99. The van der Waals surface area contributed by atoms with Crippen molar-refractivity contribution in [3.05, 3.63) is 39.7 Å². The average Bonchev–Trinajstić information content (AvgIpc) is 3.07. The Morgan fingerprint density at radius 2 is 1.90 bits per heavy atom. The first kappa shape index (κ1) is 14.7. The van der Waals surface area contributed by atoms with Crippen LogP contribution in [-0.4, -0.2) is 18.1 Å². The summed E-state index contributed by atoms with van der Waals surface area (Å²) in [5, 5.41) is 4.73. The Bertz CT molecular complexity index is 614. The average molecular weight is 300 g/mol. The Balaban J connectivity index is 1.89. The van der Waals surface area contributed by atoms with Gasteiger partial charge in [-0.3, -0.25) is 0 Å². The summed E-state index contributed by atoms with van der Waals surface area (Å²) in [7, 11) is 0. The fourth-order valence-corrected chi connectivity index (χ4v) is 3.93. The predicted octanol–water partition coefficient (Wildman–Crippen LogP) is 4.49. The van der Waals surface area contributed by atoms with Gasteiger partial charge in [-0.1, -0.05) is 45.0 Å². The topological polar surface area (TPSA) is 24.9 Å². The van der Waals surface area contributed by atoms with E-state index in [1.165, 1.54) is 33.1 Å². The molecule has 0 saturated carbocycles. The molecule has 1 aromatic heterocycles. The van der Waals surface area contributed by atoms with Gasteiger partial charge < -0.3 is 5.32 Å². The third-order valence-corrected chi connectivity index (χ3v) is 5.38. The van der Waals surface area contributed by atoms with Crippen molar-refractivity contribution in [1.29, 1.82) is 0 Å². The minimum Gasteiger partial charge on any atom is -0.316 e. The normalized spacial score (nSPS) is 19.1. The van der Waals surface area contributed by atoms with Crippen molar-refractivity contribution in [3.8, 4) is 11.3 Å². The molecule has 112 valence electrons. The number of hydrogen-bond donors (Lipinski definition) is 1. The molecule has 21 heavy (non-hydrogen) atoms. The smallest absolute Gasteiger partial charge is 0.0979 e. The maximum atomic E-state index is 4.93.